The van der Waals surface area contributed by atoms with Crippen molar-refractivity contribution < 1.29 is 9.47 Å². The van der Waals surface area contributed by atoms with Crippen molar-refractivity contribution in [2.24, 2.45) is 21.7 Å². The summed E-state index contributed by atoms with van der Waals surface area (Å²) in [6.07, 6.45) is 4.08. The van der Waals surface area contributed by atoms with E-state index in [1.165, 1.54) is 0 Å². The molecule has 0 aliphatic carbocycles. The van der Waals surface area contributed by atoms with Crippen LogP contribution in [0.1, 0.15) is 36.2 Å². The first kappa shape index (κ1) is 23.1. The largest absolute Gasteiger partial charge is 0.487 e. The molecule has 4 N–H and O–H groups in total. The molecular formula is C29H27N5O2. The van der Waals surface area contributed by atoms with Crippen LogP contribution in [-0.2, 0) is 6.61 Å². The van der Waals surface area contributed by atoms with Crippen LogP contribution >= 0.6 is 0 Å². The SMILES string of the molecule is CC1(C)C=Cc2cc(/C(=N/N=C(N)N)c3cccc(OCc4ccc5ccccc5n4)c3)ccc2O1. The molecule has 3 aromatic carbocycles. The fourth-order valence-corrected chi connectivity index (χ4v) is 4.00. The van der Waals surface area contributed by atoms with Crippen molar-refractivity contribution in [3.05, 3.63) is 107 Å². The van der Waals surface area contributed by atoms with Crippen LogP contribution in [-0.4, -0.2) is 22.3 Å². The van der Waals surface area contributed by atoms with Gasteiger partial charge in [-0.25, -0.2) is 4.98 Å². The topological polar surface area (TPSA) is 108 Å². The van der Waals surface area contributed by atoms with Gasteiger partial charge in [0.05, 0.1) is 11.2 Å². The Morgan fingerprint density at radius 2 is 1.75 bits per heavy atom. The molecule has 0 saturated heterocycles. The van der Waals surface area contributed by atoms with Crippen molar-refractivity contribution in [2.75, 3.05) is 0 Å². The first-order chi connectivity index (χ1) is 17.4. The van der Waals surface area contributed by atoms with E-state index >= 15 is 0 Å². The van der Waals surface area contributed by atoms with Gasteiger partial charge in [-0.2, -0.15) is 0 Å². The molecule has 0 unspecified atom stereocenters. The number of aromatic nitrogens is 1. The monoisotopic (exact) mass is 477 g/mol. The molecule has 5 rings (SSSR count). The van der Waals surface area contributed by atoms with Gasteiger partial charge in [0.15, 0.2) is 0 Å². The Morgan fingerprint density at radius 3 is 2.61 bits per heavy atom. The Bertz CT molecular complexity index is 1520. The lowest BCUT2D eigenvalue weighted by atomic mass is 9.97. The van der Waals surface area contributed by atoms with Crippen LogP contribution in [0.25, 0.3) is 17.0 Å². The maximum absolute atomic E-state index is 6.07. The van der Waals surface area contributed by atoms with Crippen molar-refractivity contribution in [1.82, 2.24) is 4.98 Å². The van der Waals surface area contributed by atoms with Crippen LogP contribution in [0.2, 0.25) is 0 Å². The van der Waals surface area contributed by atoms with Gasteiger partial charge in [-0.15, -0.1) is 10.2 Å². The van der Waals surface area contributed by atoms with Gasteiger partial charge in [0.1, 0.15) is 29.4 Å². The first-order valence-corrected chi connectivity index (χ1v) is 11.6. The highest BCUT2D eigenvalue weighted by Crippen LogP contribution is 2.32. The molecule has 0 amide bonds. The minimum absolute atomic E-state index is 0.120. The van der Waals surface area contributed by atoms with Crippen molar-refractivity contribution in [2.45, 2.75) is 26.1 Å². The molecule has 0 bridgehead atoms. The van der Waals surface area contributed by atoms with Gasteiger partial charge in [0, 0.05) is 22.1 Å². The number of pyridine rings is 1. The van der Waals surface area contributed by atoms with E-state index in [1.54, 1.807) is 0 Å². The molecule has 4 aromatic rings. The second-order valence-corrected chi connectivity index (χ2v) is 9.08. The summed E-state index contributed by atoms with van der Waals surface area (Å²) < 4.78 is 12.1. The molecule has 0 fully saturated rings. The van der Waals surface area contributed by atoms with Crippen molar-refractivity contribution in [1.29, 1.82) is 0 Å². The number of guanidine groups is 1. The van der Waals surface area contributed by atoms with Crippen molar-refractivity contribution in [3.8, 4) is 11.5 Å². The number of ether oxygens (including phenoxy) is 2. The second kappa shape index (κ2) is 9.54. The highest BCUT2D eigenvalue weighted by atomic mass is 16.5. The summed E-state index contributed by atoms with van der Waals surface area (Å²) in [4.78, 5) is 4.68. The quantitative estimate of drug-likeness (QED) is 0.230. The van der Waals surface area contributed by atoms with E-state index in [1.807, 2.05) is 98.8 Å². The van der Waals surface area contributed by atoms with E-state index in [0.717, 1.165) is 39.0 Å². The second-order valence-electron chi connectivity index (χ2n) is 9.08. The Morgan fingerprint density at radius 1 is 0.917 bits per heavy atom. The van der Waals surface area contributed by atoms with Crippen LogP contribution in [0.3, 0.4) is 0 Å². The van der Waals surface area contributed by atoms with Crippen LogP contribution in [0.5, 0.6) is 11.5 Å². The van der Waals surface area contributed by atoms with Gasteiger partial charge in [0.25, 0.3) is 0 Å². The van der Waals surface area contributed by atoms with Crippen molar-refractivity contribution >= 4 is 28.7 Å². The molecule has 1 aliphatic heterocycles. The number of fused-ring (bicyclic) bond motifs is 2. The summed E-state index contributed by atoms with van der Waals surface area (Å²) in [6, 6.07) is 25.6. The maximum atomic E-state index is 6.07. The molecule has 1 aliphatic rings. The van der Waals surface area contributed by atoms with E-state index in [2.05, 4.69) is 21.3 Å². The third kappa shape index (κ3) is 5.20. The Labute approximate surface area is 209 Å². The number of rotatable bonds is 6. The number of hydrogen-bond acceptors (Lipinski definition) is 5. The molecule has 180 valence electrons. The van der Waals surface area contributed by atoms with Gasteiger partial charge in [0.2, 0.25) is 5.96 Å². The standard InChI is InChI=1S/C29H27N5O2/c1-29(2)15-14-20-16-22(11-13-26(20)36-29)27(33-34-28(30)31)21-7-5-8-24(17-21)35-18-23-12-10-19-6-3-4-9-25(19)32-23/h3-17H,18H2,1-2H3,(H4,30,31,34)/b33-27+. The number of nitrogens with two attached hydrogens (primary N) is 2. The number of para-hydroxylation sites is 1. The number of hydrogen-bond donors (Lipinski definition) is 2. The Kier molecular flexibility index (Phi) is 6.12. The highest BCUT2D eigenvalue weighted by Gasteiger charge is 2.22. The lowest BCUT2D eigenvalue weighted by Crippen LogP contribution is -2.27. The molecule has 7 nitrogen and oxygen atoms in total. The zero-order valence-electron chi connectivity index (χ0n) is 20.2. The van der Waals surface area contributed by atoms with Crippen molar-refractivity contribution in [3.63, 3.8) is 0 Å². The first-order valence-electron chi connectivity index (χ1n) is 11.6. The highest BCUT2D eigenvalue weighted by molar-refractivity contribution is 6.13. The molecule has 0 atom stereocenters. The predicted octanol–water partition coefficient (Wildman–Crippen LogP) is 5.02. The van der Waals surface area contributed by atoms with Gasteiger partial charge < -0.3 is 20.9 Å². The molecule has 0 spiro atoms. The molecule has 7 heteroatoms. The maximum Gasteiger partial charge on any atom is 0.211 e. The lowest BCUT2D eigenvalue weighted by molar-refractivity contribution is 0.159. The van der Waals surface area contributed by atoms with E-state index in [0.29, 0.717) is 18.1 Å². The van der Waals surface area contributed by atoms with E-state index in [4.69, 9.17) is 20.9 Å². The van der Waals surface area contributed by atoms with Crippen LogP contribution in [0.4, 0.5) is 0 Å². The Hall–Kier alpha value is -4.65. The van der Waals surface area contributed by atoms with E-state index in [-0.39, 0.29) is 11.6 Å². The minimum Gasteiger partial charge on any atom is -0.487 e. The molecule has 36 heavy (non-hydrogen) atoms. The summed E-state index contributed by atoms with van der Waals surface area (Å²) in [5, 5.41) is 9.38. The third-order valence-electron chi connectivity index (χ3n) is 5.74. The van der Waals surface area contributed by atoms with Gasteiger partial charge in [-0.1, -0.05) is 42.5 Å². The summed E-state index contributed by atoms with van der Waals surface area (Å²) in [7, 11) is 0. The van der Waals surface area contributed by atoms with Gasteiger partial charge in [-0.3, -0.25) is 0 Å². The lowest BCUT2D eigenvalue weighted by Gasteiger charge is -2.28. The zero-order valence-corrected chi connectivity index (χ0v) is 20.2. The number of benzene rings is 3. The molecule has 0 radical (unpaired) electrons. The summed E-state index contributed by atoms with van der Waals surface area (Å²) >= 11 is 0. The summed E-state index contributed by atoms with van der Waals surface area (Å²) in [5.74, 6) is 1.38. The zero-order chi connectivity index (χ0) is 25.1. The van der Waals surface area contributed by atoms with Gasteiger partial charge >= 0.3 is 0 Å². The fourth-order valence-electron chi connectivity index (χ4n) is 4.00. The normalized spacial score (nSPS) is 14.1. The molecule has 0 saturated carbocycles. The van der Waals surface area contributed by atoms with Gasteiger partial charge in [-0.05, 0) is 62.4 Å². The van der Waals surface area contributed by atoms with E-state index < -0.39 is 0 Å². The van der Waals surface area contributed by atoms with Crippen LogP contribution < -0.4 is 20.9 Å². The predicted molar refractivity (Wildman–Crippen MR) is 144 cm³/mol. The minimum atomic E-state index is -0.352. The van der Waals surface area contributed by atoms with Crippen LogP contribution in [0.15, 0.2) is 95.1 Å². The summed E-state index contributed by atoms with van der Waals surface area (Å²) in [6.45, 7) is 4.38. The number of nitrogens with zero attached hydrogens (tertiary/aromatic N) is 3. The average Bonchev–Trinajstić information content (AvgIpc) is 2.87. The summed E-state index contributed by atoms with van der Waals surface area (Å²) in [5.41, 5.74) is 15.8. The molecule has 1 aromatic heterocycles. The third-order valence-corrected chi connectivity index (χ3v) is 5.74. The smallest absolute Gasteiger partial charge is 0.211 e. The average molecular weight is 478 g/mol. The van der Waals surface area contributed by atoms with Crippen LogP contribution in [0, 0.1) is 0 Å². The molecule has 2 heterocycles. The molecular weight excluding hydrogens is 450 g/mol. The van der Waals surface area contributed by atoms with E-state index in [9.17, 15) is 0 Å². The fraction of sp³-hybridized carbons (Fsp3) is 0.138. The Balaban J connectivity index is 1.43.